The molecule has 7 nitrogen and oxygen atoms in total. The zero-order chi connectivity index (χ0) is 20.7. The number of carbonyl (C=O) groups is 2. The number of ether oxygens (including phenoxy) is 2. The molecular weight excluding hydrogens is 382 g/mol. The normalized spacial score (nSPS) is 19.8. The van der Waals surface area contributed by atoms with E-state index in [0.29, 0.717) is 41.5 Å². The van der Waals surface area contributed by atoms with Crippen LogP contribution in [0.2, 0.25) is 0 Å². The number of amides is 2. The molecule has 1 N–H and O–H groups in total. The Bertz CT molecular complexity index is 1010. The van der Waals surface area contributed by atoms with E-state index in [1.165, 1.54) is 0 Å². The van der Waals surface area contributed by atoms with E-state index in [-0.39, 0.29) is 18.0 Å². The van der Waals surface area contributed by atoms with Crippen molar-refractivity contribution in [1.29, 1.82) is 0 Å². The highest BCUT2D eigenvalue weighted by atomic mass is 16.6. The van der Waals surface area contributed by atoms with Crippen LogP contribution in [0.4, 0.5) is 11.4 Å². The fraction of sp³-hybridized carbons (Fsp3) is 0.391. The number of piperidine rings is 1. The Morgan fingerprint density at radius 1 is 1.10 bits per heavy atom. The number of fused-ring (bicyclic) bond motifs is 3. The van der Waals surface area contributed by atoms with Gasteiger partial charge in [-0.2, -0.15) is 0 Å². The number of hydrogen-bond donors (Lipinski definition) is 1. The SMILES string of the molecule is CCN1c2cc(C(=O)Nc3ccc4c(c3)OCCO4)ccc2C(=O)N2CCCC[C@@H]21. The van der Waals surface area contributed by atoms with Crippen LogP contribution in [0.15, 0.2) is 36.4 Å². The topological polar surface area (TPSA) is 71.1 Å². The first-order valence-corrected chi connectivity index (χ1v) is 10.6. The molecule has 3 aliphatic heterocycles. The minimum atomic E-state index is -0.218. The van der Waals surface area contributed by atoms with E-state index in [1.807, 2.05) is 11.0 Å². The van der Waals surface area contributed by atoms with Crippen molar-refractivity contribution >= 4 is 23.2 Å². The third kappa shape index (κ3) is 3.14. The van der Waals surface area contributed by atoms with E-state index in [0.717, 1.165) is 38.0 Å². The summed E-state index contributed by atoms with van der Waals surface area (Å²) in [4.78, 5) is 30.1. The van der Waals surface area contributed by atoms with Crippen molar-refractivity contribution < 1.29 is 19.1 Å². The molecule has 3 heterocycles. The number of benzene rings is 2. The van der Waals surface area contributed by atoms with Gasteiger partial charge in [-0.05, 0) is 56.5 Å². The second-order valence-corrected chi connectivity index (χ2v) is 7.81. The van der Waals surface area contributed by atoms with Gasteiger partial charge in [-0.1, -0.05) is 0 Å². The molecule has 1 saturated heterocycles. The van der Waals surface area contributed by atoms with E-state index in [2.05, 4.69) is 17.1 Å². The molecular formula is C23H25N3O4. The molecule has 1 fully saturated rings. The average molecular weight is 407 g/mol. The summed E-state index contributed by atoms with van der Waals surface area (Å²) in [7, 11) is 0. The third-order valence-corrected chi connectivity index (χ3v) is 6.03. The number of nitrogens with one attached hydrogen (secondary N) is 1. The first-order chi connectivity index (χ1) is 14.7. The monoisotopic (exact) mass is 407 g/mol. The summed E-state index contributed by atoms with van der Waals surface area (Å²) >= 11 is 0. The van der Waals surface area contributed by atoms with Crippen LogP contribution in [0, 0.1) is 0 Å². The first-order valence-electron chi connectivity index (χ1n) is 10.6. The van der Waals surface area contributed by atoms with Crippen LogP contribution in [0.1, 0.15) is 46.9 Å². The van der Waals surface area contributed by atoms with Crippen molar-refractivity contribution in [2.75, 3.05) is 36.5 Å². The highest BCUT2D eigenvalue weighted by molar-refractivity contribution is 6.08. The summed E-state index contributed by atoms with van der Waals surface area (Å²) < 4.78 is 11.1. The Hall–Kier alpha value is -3.22. The Balaban J connectivity index is 1.42. The Labute approximate surface area is 175 Å². The fourth-order valence-electron chi connectivity index (χ4n) is 4.59. The van der Waals surface area contributed by atoms with Crippen molar-refractivity contribution in [1.82, 2.24) is 4.90 Å². The standard InChI is InChI=1S/C23H25N3O4/c1-2-25-18-13-15(6-8-17(18)23(28)26-10-4-3-5-21(25)26)22(27)24-16-7-9-19-20(14-16)30-12-11-29-19/h6-9,13-14,21H,2-5,10-12H2,1H3,(H,24,27)/t21-/m1/s1. The number of rotatable bonds is 3. The fourth-order valence-corrected chi connectivity index (χ4v) is 4.59. The molecule has 2 aromatic rings. The van der Waals surface area contributed by atoms with Gasteiger partial charge in [0.25, 0.3) is 11.8 Å². The molecule has 5 rings (SSSR count). The quantitative estimate of drug-likeness (QED) is 0.843. The summed E-state index contributed by atoms with van der Waals surface area (Å²) in [6, 6.07) is 10.7. The molecule has 2 aromatic carbocycles. The van der Waals surface area contributed by atoms with Gasteiger partial charge in [0, 0.05) is 30.4 Å². The summed E-state index contributed by atoms with van der Waals surface area (Å²) in [6.07, 6.45) is 3.21. The van der Waals surface area contributed by atoms with Crippen LogP contribution in [0.5, 0.6) is 11.5 Å². The summed E-state index contributed by atoms with van der Waals surface area (Å²) in [5.74, 6) is 1.16. The van der Waals surface area contributed by atoms with E-state index < -0.39 is 0 Å². The van der Waals surface area contributed by atoms with Gasteiger partial charge < -0.3 is 24.6 Å². The van der Waals surface area contributed by atoms with Crippen LogP contribution < -0.4 is 19.7 Å². The molecule has 2 amide bonds. The van der Waals surface area contributed by atoms with E-state index in [9.17, 15) is 9.59 Å². The zero-order valence-electron chi connectivity index (χ0n) is 17.0. The van der Waals surface area contributed by atoms with Crippen molar-refractivity contribution in [3.05, 3.63) is 47.5 Å². The largest absolute Gasteiger partial charge is 0.486 e. The minimum Gasteiger partial charge on any atom is -0.486 e. The third-order valence-electron chi connectivity index (χ3n) is 6.03. The van der Waals surface area contributed by atoms with Gasteiger partial charge >= 0.3 is 0 Å². The summed E-state index contributed by atoms with van der Waals surface area (Å²) in [5, 5.41) is 2.93. The average Bonchev–Trinajstić information content (AvgIpc) is 2.79. The van der Waals surface area contributed by atoms with Crippen molar-refractivity contribution in [2.45, 2.75) is 32.4 Å². The maximum atomic E-state index is 13.0. The Kier molecular flexibility index (Phi) is 4.73. The predicted octanol–water partition coefficient (Wildman–Crippen LogP) is 3.50. The van der Waals surface area contributed by atoms with E-state index in [4.69, 9.17) is 9.47 Å². The lowest BCUT2D eigenvalue weighted by molar-refractivity contribution is 0.0582. The first kappa shape index (κ1) is 18.8. The number of carbonyl (C=O) groups excluding carboxylic acids is 2. The van der Waals surface area contributed by atoms with E-state index >= 15 is 0 Å². The van der Waals surface area contributed by atoms with Gasteiger partial charge in [-0.25, -0.2) is 0 Å². The molecule has 30 heavy (non-hydrogen) atoms. The molecule has 0 aromatic heterocycles. The molecule has 0 aliphatic carbocycles. The van der Waals surface area contributed by atoms with Crippen molar-refractivity contribution in [3.63, 3.8) is 0 Å². The highest BCUT2D eigenvalue weighted by Gasteiger charge is 2.38. The minimum absolute atomic E-state index is 0.0678. The van der Waals surface area contributed by atoms with Crippen LogP contribution >= 0.6 is 0 Å². The van der Waals surface area contributed by atoms with Gasteiger partial charge in [-0.15, -0.1) is 0 Å². The molecule has 0 unspecified atom stereocenters. The van der Waals surface area contributed by atoms with Crippen LogP contribution in [-0.4, -0.2) is 49.2 Å². The van der Waals surface area contributed by atoms with Gasteiger partial charge in [0.15, 0.2) is 11.5 Å². The molecule has 0 bridgehead atoms. The number of anilines is 2. The molecule has 7 heteroatoms. The number of nitrogens with zero attached hydrogens (tertiary/aromatic N) is 2. The molecule has 0 radical (unpaired) electrons. The number of hydrogen-bond acceptors (Lipinski definition) is 5. The zero-order valence-corrected chi connectivity index (χ0v) is 17.0. The lowest BCUT2D eigenvalue weighted by Gasteiger charge is -2.47. The lowest BCUT2D eigenvalue weighted by atomic mass is 9.97. The van der Waals surface area contributed by atoms with Gasteiger partial charge in [0.1, 0.15) is 19.4 Å². The van der Waals surface area contributed by atoms with Gasteiger partial charge in [0.05, 0.1) is 11.3 Å². The Morgan fingerprint density at radius 3 is 2.77 bits per heavy atom. The second-order valence-electron chi connectivity index (χ2n) is 7.81. The van der Waals surface area contributed by atoms with Crippen LogP contribution in [0.25, 0.3) is 0 Å². The van der Waals surface area contributed by atoms with Crippen molar-refractivity contribution in [2.24, 2.45) is 0 Å². The maximum absolute atomic E-state index is 13.0. The van der Waals surface area contributed by atoms with E-state index in [1.54, 1.807) is 30.3 Å². The molecule has 156 valence electrons. The molecule has 1 atom stereocenters. The second kappa shape index (κ2) is 7.55. The van der Waals surface area contributed by atoms with Crippen LogP contribution in [-0.2, 0) is 0 Å². The lowest BCUT2D eigenvalue weighted by Crippen LogP contribution is -2.57. The maximum Gasteiger partial charge on any atom is 0.257 e. The Morgan fingerprint density at radius 2 is 1.93 bits per heavy atom. The van der Waals surface area contributed by atoms with Gasteiger partial charge in [-0.3, -0.25) is 9.59 Å². The highest BCUT2D eigenvalue weighted by Crippen LogP contribution is 2.36. The summed E-state index contributed by atoms with van der Waals surface area (Å²) in [5.41, 5.74) is 2.69. The van der Waals surface area contributed by atoms with Gasteiger partial charge in [0.2, 0.25) is 0 Å². The molecule has 0 saturated carbocycles. The smallest absolute Gasteiger partial charge is 0.257 e. The molecule has 0 spiro atoms. The van der Waals surface area contributed by atoms with Crippen molar-refractivity contribution in [3.8, 4) is 11.5 Å². The predicted molar refractivity (Wildman–Crippen MR) is 114 cm³/mol. The molecule has 3 aliphatic rings. The van der Waals surface area contributed by atoms with Crippen LogP contribution in [0.3, 0.4) is 0 Å². The summed E-state index contributed by atoms with van der Waals surface area (Å²) in [6.45, 7) is 4.70.